The zero-order chi connectivity index (χ0) is 15.3. The van der Waals surface area contributed by atoms with Gasteiger partial charge in [-0.15, -0.1) is 0 Å². The van der Waals surface area contributed by atoms with Crippen molar-refractivity contribution in [3.63, 3.8) is 0 Å². The Morgan fingerprint density at radius 2 is 1.43 bits per heavy atom. The molecule has 0 N–H and O–H groups in total. The van der Waals surface area contributed by atoms with E-state index in [1.807, 2.05) is 0 Å². The number of hydrogen-bond acceptors (Lipinski definition) is 2. The Balaban J connectivity index is 2.11. The second-order valence-corrected chi connectivity index (χ2v) is 6.80. The Kier molecular flexibility index (Phi) is 3.38. The zero-order valence-electron chi connectivity index (χ0n) is 13.6. The molecular formula is C18H23BO2. The Morgan fingerprint density at radius 3 is 2.00 bits per heavy atom. The lowest BCUT2D eigenvalue weighted by Gasteiger charge is -2.32. The first-order valence-electron chi connectivity index (χ1n) is 7.72. The van der Waals surface area contributed by atoms with Gasteiger partial charge in [-0.05, 0) is 55.9 Å². The van der Waals surface area contributed by atoms with Crippen molar-refractivity contribution in [3.05, 3.63) is 42.0 Å². The van der Waals surface area contributed by atoms with Crippen molar-refractivity contribution in [1.29, 1.82) is 0 Å². The molecule has 0 bridgehead atoms. The van der Waals surface area contributed by atoms with Gasteiger partial charge in [0.25, 0.3) is 0 Å². The van der Waals surface area contributed by atoms with Crippen LogP contribution in [0.25, 0.3) is 10.8 Å². The monoisotopic (exact) mass is 282 g/mol. The van der Waals surface area contributed by atoms with Gasteiger partial charge in [0.15, 0.2) is 0 Å². The molecule has 0 saturated carbocycles. The summed E-state index contributed by atoms with van der Waals surface area (Å²) in [4.78, 5) is 0. The standard InChI is InChI=1S/C18H23BO2/c1-6-13-11-12-16(15-10-8-7-9-14(13)15)19-20-17(2,3)18(4,5)21-19/h7-12H,6H2,1-5H3. The van der Waals surface area contributed by atoms with Crippen LogP contribution in [0.2, 0.25) is 0 Å². The Labute approximate surface area is 127 Å². The van der Waals surface area contributed by atoms with Gasteiger partial charge in [-0.1, -0.05) is 43.3 Å². The van der Waals surface area contributed by atoms with E-state index in [9.17, 15) is 0 Å². The maximum absolute atomic E-state index is 6.21. The molecule has 1 saturated heterocycles. The normalized spacial score (nSPS) is 20.1. The van der Waals surface area contributed by atoms with Crippen molar-refractivity contribution in [1.82, 2.24) is 0 Å². The number of hydrogen-bond donors (Lipinski definition) is 0. The summed E-state index contributed by atoms with van der Waals surface area (Å²) in [5.41, 5.74) is 1.89. The smallest absolute Gasteiger partial charge is 0.399 e. The molecule has 0 unspecified atom stereocenters. The molecule has 110 valence electrons. The molecule has 2 nitrogen and oxygen atoms in total. The lowest BCUT2D eigenvalue weighted by molar-refractivity contribution is 0.00578. The zero-order valence-corrected chi connectivity index (χ0v) is 13.6. The van der Waals surface area contributed by atoms with Crippen LogP contribution < -0.4 is 5.46 Å². The summed E-state index contributed by atoms with van der Waals surface area (Å²) in [6.07, 6.45) is 1.03. The van der Waals surface area contributed by atoms with E-state index in [2.05, 4.69) is 71.0 Å². The predicted octanol–water partition coefficient (Wildman–Crippen LogP) is 3.70. The second kappa shape index (κ2) is 4.86. The molecule has 1 aliphatic heterocycles. The fourth-order valence-electron chi connectivity index (χ4n) is 2.87. The maximum Gasteiger partial charge on any atom is 0.495 e. The van der Waals surface area contributed by atoms with Crippen LogP contribution in [0.1, 0.15) is 40.2 Å². The van der Waals surface area contributed by atoms with Gasteiger partial charge < -0.3 is 9.31 Å². The highest BCUT2D eigenvalue weighted by Crippen LogP contribution is 2.37. The molecule has 3 rings (SSSR count). The lowest BCUT2D eigenvalue weighted by atomic mass is 9.75. The predicted molar refractivity (Wildman–Crippen MR) is 89.0 cm³/mol. The maximum atomic E-state index is 6.21. The fraction of sp³-hybridized carbons (Fsp3) is 0.444. The molecule has 0 aromatic heterocycles. The van der Waals surface area contributed by atoms with Gasteiger partial charge in [0.05, 0.1) is 11.2 Å². The third-order valence-corrected chi connectivity index (χ3v) is 4.94. The Hall–Kier alpha value is -1.32. The highest BCUT2D eigenvalue weighted by molar-refractivity contribution is 6.65. The third-order valence-electron chi connectivity index (χ3n) is 4.94. The van der Waals surface area contributed by atoms with Crippen LogP contribution in [0, 0.1) is 0 Å². The molecule has 0 spiro atoms. The first-order chi connectivity index (χ1) is 9.86. The van der Waals surface area contributed by atoms with Crippen LogP contribution >= 0.6 is 0 Å². The quantitative estimate of drug-likeness (QED) is 0.782. The van der Waals surface area contributed by atoms with Crippen LogP contribution in [0.15, 0.2) is 36.4 Å². The highest BCUT2D eigenvalue weighted by Gasteiger charge is 2.52. The van der Waals surface area contributed by atoms with E-state index in [0.29, 0.717) is 0 Å². The Morgan fingerprint density at radius 1 is 0.857 bits per heavy atom. The average molecular weight is 282 g/mol. The minimum Gasteiger partial charge on any atom is -0.399 e. The molecule has 2 aromatic carbocycles. The Bertz CT molecular complexity index is 660. The van der Waals surface area contributed by atoms with E-state index in [1.165, 1.54) is 16.3 Å². The topological polar surface area (TPSA) is 18.5 Å². The van der Waals surface area contributed by atoms with E-state index < -0.39 is 0 Å². The van der Waals surface area contributed by atoms with Crippen molar-refractivity contribution in [2.45, 2.75) is 52.2 Å². The summed E-state index contributed by atoms with van der Waals surface area (Å²) in [6.45, 7) is 10.6. The van der Waals surface area contributed by atoms with Gasteiger partial charge in [-0.2, -0.15) is 0 Å². The van der Waals surface area contributed by atoms with Crippen molar-refractivity contribution < 1.29 is 9.31 Å². The SMILES string of the molecule is CCc1ccc(B2OC(C)(C)C(C)(C)O2)c2ccccc12. The van der Waals surface area contributed by atoms with E-state index in [1.54, 1.807) is 0 Å². The minimum atomic E-state index is -0.303. The highest BCUT2D eigenvalue weighted by atomic mass is 16.7. The lowest BCUT2D eigenvalue weighted by Crippen LogP contribution is -2.41. The summed E-state index contributed by atoms with van der Waals surface area (Å²) < 4.78 is 12.4. The van der Waals surface area contributed by atoms with Crippen LogP contribution in [-0.4, -0.2) is 18.3 Å². The molecular weight excluding hydrogens is 259 g/mol. The van der Waals surface area contributed by atoms with E-state index in [4.69, 9.17) is 9.31 Å². The van der Waals surface area contributed by atoms with Gasteiger partial charge >= 0.3 is 7.12 Å². The minimum absolute atomic E-state index is 0.300. The van der Waals surface area contributed by atoms with Crippen LogP contribution in [-0.2, 0) is 15.7 Å². The number of benzene rings is 2. The van der Waals surface area contributed by atoms with Gasteiger partial charge in [0.2, 0.25) is 0 Å². The third kappa shape index (κ3) is 2.29. The molecule has 1 aliphatic rings. The molecule has 1 heterocycles. The number of fused-ring (bicyclic) bond motifs is 1. The van der Waals surface area contributed by atoms with Gasteiger partial charge in [-0.25, -0.2) is 0 Å². The van der Waals surface area contributed by atoms with Crippen molar-refractivity contribution in [2.24, 2.45) is 0 Å². The second-order valence-electron chi connectivity index (χ2n) is 6.80. The molecule has 0 aliphatic carbocycles. The summed E-state index contributed by atoms with van der Waals surface area (Å²) in [5, 5.41) is 2.53. The first-order valence-corrected chi connectivity index (χ1v) is 7.72. The molecule has 0 radical (unpaired) electrons. The van der Waals surface area contributed by atoms with Crippen LogP contribution in [0.3, 0.4) is 0 Å². The van der Waals surface area contributed by atoms with E-state index in [0.717, 1.165) is 11.9 Å². The van der Waals surface area contributed by atoms with Gasteiger partial charge in [-0.3, -0.25) is 0 Å². The molecule has 2 aromatic rings. The van der Waals surface area contributed by atoms with Crippen LogP contribution in [0.4, 0.5) is 0 Å². The number of rotatable bonds is 2. The number of aryl methyl sites for hydroxylation is 1. The first kappa shape index (κ1) is 14.6. The van der Waals surface area contributed by atoms with Gasteiger partial charge in [0.1, 0.15) is 0 Å². The summed E-state index contributed by atoms with van der Waals surface area (Å²) in [7, 11) is -0.300. The average Bonchev–Trinajstić information content (AvgIpc) is 2.66. The molecule has 1 fully saturated rings. The van der Waals surface area contributed by atoms with Crippen molar-refractivity contribution in [3.8, 4) is 0 Å². The van der Waals surface area contributed by atoms with Crippen LogP contribution in [0.5, 0.6) is 0 Å². The molecule has 3 heteroatoms. The molecule has 0 atom stereocenters. The summed E-state index contributed by atoms with van der Waals surface area (Å²) >= 11 is 0. The van der Waals surface area contributed by atoms with Crippen molar-refractivity contribution >= 4 is 23.4 Å². The van der Waals surface area contributed by atoms with E-state index in [-0.39, 0.29) is 18.3 Å². The fourth-order valence-corrected chi connectivity index (χ4v) is 2.87. The molecule has 0 amide bonds. The van der Waals surface area contributed by atoms with E-state index >= 15 is 0 Å². The molecule has 21 heavy (non-hydrogen) atoms. The largest absolute Gasteiger partial charge is 0.495 e. The summed E-state index contributed by atoms with van der Waals surface area (Å²) in [6, 6.07) is 12.9. The van der Waals surface area contributed by atoms with Crippen molar-refractivity contribution in [2.75, 3.05) is 0 Å². The summed E-state index contributed by atoms with van der Waals surface area (Å²) in [5.74, 6) is 0. The van der Waals surface area contributed by atoms with Gasteiger partial charge in [0, 0.05) is 0 Å².